The van der Waals surface area contributed by atoms with Crippen molar-refractivity contribution >= 4 is 17.5 Å². The predicted octanol–water partition coefficient (Wildman–Crippen LogP) is 1.77. The van der Waals surface area contributed by atoms with Gasteiger partial charge in [0.1, 0.15) is 17.8 Å². The number of carbonyl (C=O) groups excluding carboxylic acids is 3. The van der Waals surface area contributed by atoms with E-state index in [0.29, 0.717) is 11.1 Å². The van der Waals surface area contributed by atoms with Crippen molar-refractivity contribution in [1.29, 1.82) is 0 Å². The van der Waals surface area contributed by atoms with E-state index in [2.05, 4.69) is 0 Å². The molecule has 0 spiro atoms. The van der Waals surface area contributed by atoms with Crippen LogP contribution in [0.25, 0.3) is 11.1 Å². The summed E-state index contributed by atoms with van der Waals surface area (Å²) in [6, 6.07) is 12.3. The summed E-state index contributed by atoms with van der Waals surface area (Å²) in [5, 5.41) is 58.8. The summed E-state index contributed by atoms with van der Waals surface area (Å²) >= 11 is 0. The highest BCUT2D eigenvalue weighted by molar-refractivity contribution is 6.10. The van der Waals surface area contributed by atoms with Crippen molar-refractivity contribution in [3.8, 4) is 16.9 Å². The van der Waals surface area contributed by atoms with E-state index in [1.54, 1.807) is 33.8 Å². The average molecular weight is 552 g/mol. The first-order valence-corrected chi connectivity index (χ1v) is 13.6. The van der Waals surface area contributed by atoms with E-state index in [1.165, 1.54) is 13.0 Å². The Labute approximate surface area is 232 Å². The molecular weight excluding hydrogens is 514 g/mol. The van der Waals surface area contributed by atoms with Gasteiger partial charge in [0, 0.05) is 10.8 Å². The number of Topliss-reactive ketones (excluding diaryl/α,β-unsaturated/α-hetero) is 2. The zero-order valence-electron chi connectivity index (χ0n) is 23.2. The number of fused-ring (bicyclic) bond motifs is 3. The van der Waals surface area contributed by atoms with Crippen LogP contribution in [0.2, 0.25) is 0 Å². The molecule has 214 valence electrons. The van der Waals surface area contributed by atoms with Gasteiger partial charge in [-0.3, -0.25) is 14.4 Å². The number of hydrogen-bond donors (Lipinski definition) is 6. The number of carbonyl (C=O) groups is 3. The van der Waals surface area contributed by atoms with Crippen LogP contribution in [0.1, 0.15) is 56.5 Å². The van der Waals surface area contributed by atoms with Crippen LogP contribution in [-0.4, -0.2) is 66.9 Å². The fourth-order valence-electron chi connectivity index (χ4n) is 8.70. The number of aromatic hydroxyl groups is 1. The third kappa shape index (κ3) is 3.14. The zero-order valence-corrected chi connectivity index (χ0v) is 23.2. The Morgan fingerprint density at radius 2 is 1.60 bits per heavy atom. The van der Waals surface area contributed by atoms with Crippen molar-refractivity contribution in [2.75, 3.05) is 0 Å². The molecule has 3 aliphatic rings. The van der Waals surface area contributed by atoms with Gasteiger partial charge in [0.15, 0.2) is 17.2 Å². The lowest BCUT2D eigenvalue weighted by Gasteiger charge is -2.69. The Hall–Kier alpha value is -3.11. The summed E-state index contributed by atoms with van der Waals surface area (Å²) in [6.07, 6.45) is -5.32. The van der Waals surface area contributed by atoms with Gasteiger partial charge in [-0.05, 0) is 40.5 Å². The highest BCUT2D eigenvalue weighted by atomic mass is 16.4. The van der Waals surface area contributed by atoms with E-state index in [0.717, 1.165) is 5.56 Å². The van der Waals surface area contributed by atoms with Crippen LogP contribution in [0.3, 0.4) is 0 Å². The number of ketones is 2. The van der Waals surface area contributed by atoms with Crippen LogP contribution in [-0.2, 0) is 9.59 Å². The van der Waals surface area contributed by atoms with Gasteiger partial charge in [0.2, 0.25) is 5.91 Å². The average Bonchev–Trinajstić information content (AvgIpc) is 2.89. The van der Waals surface area contributed by atoms with Crippen molar-refractivity contribution in [3.05, 3.63) is 53.6 Å². The number of hydrogen-bond acceptors (Lipinski definition) is 8. The Morgan fingerprint density at radius 3 is 2.15 bits per heavy atom. The molecule has 5 rings (SSSR count). The van der Waals surface area contributed by atoms with Crippen LogP contribution in [0.15, 0.2) is 42.5 Å². The van der Waals surface area contributed by atoms with Gasteiger partial charge in [-0.15, -0.1) is 0 Å². The second-order valence-corrected chi connectivity index (χ2v) is 12.6. The summed E-state index contributed by atoms with van der Waals surface area (Å²) in [5.74, 6) is -9.04. The van der Waals surface area contributed by atoms with Crippen LogP contribution in [0, 0.1) is 34.5 Å². The molecule has 40 heavy (non-hydrogen) atoms. The number of aliphatic hydroxyl groups is 4. The molecule has 3 aliphatic carbocycles. The van der Waals surface area contributed by atoms with Gasteiger partial charge in [0.25, 0.3) is 0 Å². The molecule has 0 aromatic heterocycles. The van der Waals surface area contributed by atoms with Gasteiger partial charge >= 0.3 is 0 Å². The largest absolute Gasteiger partial charge is 0.507 e. The van der Waals surface area contributed by atoms with E-state index >= 15 is 0 Å². The molecule has 2 aromatic rings. The molecule has 2 saturated carbocycles. The third-order valence-corrected chi connectivity index (χ3v) is 10.7. The summed E-state index contributed by atoms with van der Waals surface area (Å²) in [6.45, 7) is 8.29. The monoisotopic (exact) mass is 551 g/mol. The molecule has 0 radical (unpaired) electrons. The summed E-state index contributed by atoms with van der Waals surface area (Å²) < 4.78 is 0. The maximum absolute atomic E-state index is 14.3. The first-order valence-electron chi connectivity index (χ1n) is 13.6. The van der Waals surface area contributed by atoms with Crippen molar-refractivity contribution in [2.24, 2.45) is 40.2 Å². The molecule has 0 bridgehead atoms. The second-order valence-electron chi connectivity index (χ2n) is 12.6. The molecule has 0 saturated heterocycles. The molecule has 2 aromatic carbocycles. The van der Waals surface area contributed by atoms with Crippen molar-refractivity contribution in [2.45, 2.75) is 64.4 Å². The SMILES string of the molecule is CC(C)[C@H]1C(O)[C@@H](C(N)=O)C(=O)[C@]2(O)C(O)[C@H]3C(=O)c4c(O)ccc(-c5ccccc5)c4[C@@H](C)[C@]3(C)[C@@H](O)[C@]12C. The topological polar surface area (TPSA) is 178 Å². The number of amides is 1. The number of phenolic OH excluding ortho intramolecular Hbond substituents is 1. The number of primary amides is 1. The third-order valence-electron chi connectivity index (χ3n) is 10.7. The van der Waals surface area contributed by atoms with E-state index in [4.69, 9.17) is 5.73 Å². The van der Waals surface area contributed by atoms with Gasteiger partial charge in [-0.1, -0.05) is 71.0 Å². The smallest absolute Gasteiger partial charge is 0.230 e. The highest BCUT2D eigenvalue weighted by Gasteiger charge is 2.80. The molecule has 7 N–H and O–H groups in total. The van der Waals surface area contributed by atoms with E-state index in [-0.39, 0.29) is 11.3 Å². The number of benzene rings is 2. The van der Waals surface area contributed by atoms with E-state index < -0.39 is 81.8 Å². The Balaban J connectivity index is 1.82. The van der Waals surface area contributed by atoms with Gasteiger partial charge < -0.3 is 31.3 Å². The number of nitrogens with two attached hydrogens (primary N) is 1. The molecule has 2 unspecified atom stereocenters. The molecule has 0 heterocycles. The van der Waals surface area contributed by atoms with Crippen molar-refractivity contribution in [1.82, 2.24) is 0 Å². The molecule has 9 nitrogen and oxygen atoms in total. The lowest BCUT2D eigenvalue weighted by Crippen LogP contribution is -2.83. The van der Waals surface area contributed by atoms with Crippen LogP contribution >= 0.6 is 0 Å². The zero-order chi connectivity index (χ0) is 29.7. The normalized spacial score (nSPS) is 40.8. The fourth-order valence-corrected chi connectivity index (χ4v) is 8.70. The minimum atomic E-state index is -2.80. The van der Waals surface area contributed by atoms with Crippen LogP contribution < -0.4 is 5.73 Å². The van der Waals surface area contributed by atoms with E-state index in [1.807, 2.05) is 30.3 Å². The van der Waals surface area contributed by atoms with Crippen LogP contribution in [0.4, 0.5) is 0 Å². The Morgan fingerprint density at radius 1 is 1.00 bits per heavy atom. The lowest BCUT2D eigenvalue weighted by atomic mass is 9.36. The molecule has 9 heteroatoms. The molecule has 2 fully saturated rings. The Kier molecular flexibility index (Phi) is 6.35. The standard InChI is InChI=1S/C31H37NO8/c1-13(2)21-24(35)20(27(32)38)25(36)31(40)26(37)22-23(34)19-17(33)12-11-16(15-9-7-6-8-10-15)18(19)14(3)29(22,4)28(39)30(21,31)5/h6-14,20-22,24,26,28,33,35,37,39-40H,1-5H3,(H2,32,38)/t14-,20-,21+,22-,24?,26?,28-,29+,30+,31+/m1/s1. The quantitative estimate of drug-likeness (QED) is 0.313. The first-order chi connectivity index (χ1) is 18.6. The minimum Gasteiger partial charge on any atom is -0.507 e. The summed E-state index contributed by atoms with van der Waals surface area (Å²) in [5.41, 5.74) is 1.22. The molecule has 10 atom stereocenters. The van der Waals surface area contributed by atoms with Gasteiger partial charge in [-0.2, -0.15) is 0 Å². The molecular formula is C31H37NO8. The van der Waals surface area contributed by atoms with Gasteiger partial charge in [0.05, 0.1) is 23.7 Å². The second kappa shape index (κ2) is 8.94. The fraction of sp³-hybridized carbons (Fsp3) is 0.516. The van der Waals surface area contributed by atoms with Gasteiger partial charge in [-0.25, -0.2) is 0 Å². The summed E-state index contributed by atoms with van der Waals surface area (Å²) in [7, 11) is 0. The number of rotatable bonds is 3. The highest BCUT2D eigenvalue weighted by Crippen LogP contribution is 2.68. The van der Waals surface area contributed by atoms with Crippen LogP contribution in [0.5, 0.6) is 5.75 Å². The predicted molar refractivity (Wildman–Crippen MR) is 145 cm³/mol. The summed E-state index contributed by atoms with van der Waals surface area (Å²) in [4.78, 5) is 40.5. The minimum absolute atomic E-state index is 0.0510. The first kappa shape index (κ1) is 28.4. The number of phenols is 1. The lowest BCUT2D eigenvalue weighted by molar-refractivity contribution is -0.306. The van der Waals surface area contributed by atoms with Crippen molar-refractivity contribution < 1.29 is 39.9 Å². The number of aliphatic hydroxyl groups excluding tert-OH is 3. The van der Waals surface area contributed by atoms with E-state index in [9.17, 15) is 39.9 Å². The van der Waals surface area contributed by atoms with Crippen molar-refractivity contribution in [3.63, 3.8) is 0 Å². The maximum Gasteiger partial charge on any atom is 0.230 e. The Bertz CT molecular complexity index is 1410. The molecule has 1 amide bonds. The molecule has 0 aliphatic heterocycles. The maximum atomic E-state index is 14.3.